The average Bonchev–Trinajstić information content (AvgIpc) is 2.91. The highest BCUT2D eigenvalue weighted by molar-refractivity contribution is 6.34. The molecule has 1 aliphatic carbocycles. The molecule has 0 heterocycles. The second-order valence-corrected chi connectivity index (χ2v) is 12.9. The fourth-order valence-electron chi connectivity index (χ4n) is 5.35. The van der Waals surface area contributed by atoms with E-state index in [2.05, 4.69) is 10.6 Å². The number of aryl methyl sites for hydroxylation is 2. The summed E-state index contributed by atoms with van der Waals surface area (Å²) in [6.45, 7) is 11.0. The van der Waals surface area contributed by atoms with Crippen LogP contribution < -0.4 is 10.6 Å². The van der Waals surface area contributed by atoms with Gasteiger partial charge in [-0.2, -0.15) is 0 Å². The van der Waals surface area contributed by atoms with Gasteiger partial charge in [0.1, 0.15) is 23.4 Å². The molecule has 0 bridgehead atoms. The number of phenolic OH excluding ortho intramolecular Hbond substituents is 1. The number of carbonyl (C=O) groups is 3. The summed E-state index contributed by atoms with van der Waals surface area (Å²) in [4.78, 5) is 43.8. The van der Waals surface area contributed by atoms with E-state index in [0.717, 1.165) is 41.5 Å². The monoisotopic (exact) mass is 619 g/mol. The van der Waals surface area contributed by atoms with Crippen LogP contribution in [0.4, 0.5) is 10.5 Å². The maximum absolute atomic E-state index is 14.8. The van der Waals surface area contributed by atoms with Crippen LogP contribution in [0.5, 0.6) is 5.75 Å². The number of carbonyl (C=O) groups excluding carboxylic acids is 3. The highest BCUT2D eigenvalue weighted by Crippen LogP contribution is 2.37. The van der Waals surface area contributed by atoms with Crippen molar-refractivity contribution in [2.24, 2.45) is 0 Å². The normalized spacial score (nSPS) is 14.6. The number of amides is 3. The van der Waals surface area contributed by atoms with Crippen LogP contribution in [0.3, 0.4) is 0 Å². The van der Waals surface area contributed by atoms with E-state index in [9.17, 15) is 19.5 Å². The standard InChI is InChI=1S/C35H42ClN3O5/c1-21-10-7-14-27(23(21)3)31(32(41)38-30-22(2)11-8-15-28(30)36)39(25-12-9-13-25)33(42)29(37-34(43)44-35(4,5)6)20-24-16-18-26(40)19-17-24/h7-8,10-11,14-19,25,29,31,40H,9,12-13,20H2,1-6H3,(H,37,43)(H,38,41). The molecule has 8 nitrogen and oxygen atoms in total. The first-order chi connectivity index (χ1) is 20.7. The number of nitrogens with zero attached hydrogens (tertiary/aromatic N) is 1. The second kappa shape index (κ2) is 13.7. The molecular weight excluding hydrogens is 578 g/mol. The number of rotatable bonds is 9. The van der Waals surface area contributed by atoms with E-state index in [-0.39, 0.29) is 18.2 Å². The van der Waals surface area contributed by atoms with Gasteiger partial charge in [0, 0.05) is 12.5 Å². The number of hydrogen-bond acceptors (Lipinski definition) is 5. The number of hydrogen-bond donors (Lipinski definition) is 3. The van der Waals surface area contributed by atoms with E-state index in [1.165, 1.54) is 12.1 Å². The first-order valence-electron chi connectivity index (χ1n) is 15.0. The minimum Gasteiger partial charge on any atom is -0.508 e. The van der Waals surface area contributed by atoms with Crippen molar-refractivity contribution in [3.05, 3.63) is 93.5 Å². The minimum absolute atomic E-state index is 0.0920. The Kier molecular flexibility index (Phi) is 10.3. The molecule has 9 heteroatoms. The van der Waals surface area contributed by atoms with Crippen molar-refractivity contribution < 1.29 is 24.2 Å². The van der Waals surface area contributed by atoms with Crippen LogP contribution in [-0.4, -0.2) is 45.6 Å². The first-order valence-corrected chi connectivity index (χ1v) is 15.3. The van der Waals surface area contributed by atoms with E-state index in [0.29, 0.717) is 16.3 Å². The summed E-state index contributed by atoms with van der Waals surface area (Å²) in [5.41, 5.74) is 3.82. The van der Waals surface area contributed by atoms with Gasteiger partial charge in [-0.05, 0) is 107 Å². The van der Waals surface area contributed by atoms with Crippen LogP contribution in [-0.2, 0) is 20.7 Å². The van der Waals surface area contributed by atoms with Gasteiger partial charge in [0.15, 0.2) is 0 Å². The predicted octanol–water partition coefficient (Wildman–Crippen LogP) is 7.17. The van der Waals surface area contributed by atoms with Gasteiger partial charge in [-0.15, -0.1) is 0 Å². The number of para-hydroxylation sites is 1. The molecule has 1 aliphatic rings. The molecule has 0 aromatic heterocycles. The van der Waals surface area contributed by atoms with E-state index in [1.807, 2.05) is 51.1 Å². The highest BCUT2D eigenvalue weighted by Gasteiger charge is 2.42. The average molecular weight is 620 g/mol. The first kappa shape index (κ1) is 32.9. The van der Waals surface area contributed by atoms with Crippen molar-refractivity contribution in [3.63, 3.8) is 0 Å². The lowest BCUT2D eigenvalue weighted by Crippen LogP contribution is -2.57. The SMILES string of the molecule is Cc1cccc(C(C(=O)Nc2c(C)cccc2Cl)N(C(=O)C(Cc2ccc(O)cc2)NC(=O)OC(C)(C)C)C2CCC2)c1C. The van der Waals surface area contributed by atoms with E-state index in [1.54, 1.807) is 43.9 Å². The molecule has 3 aromatic rings. The van der Waals surface area contributed by atoms with Crippen molar-refractivity contribution in [1.29, 1.82) is 0 Å². The summed E-state index contributed by atoms with van der Waals surface area (Å²) >= 11 is 6.51. The fraction of sp³-hybridized carbons (Fsp3) is 0.400. The molecule has 2 unspecified atom stereocenters. The number of benzene rings is 3. The third-order valence-electron chi connectivity index (χ3n) is 8.03. The predicted molar refractivity (Wildman–Crippen MR) is 173 cm³/mol. The Morgan fingerprint density at radius 2 is 1.61 bits per heavy atom. The Morgan fingerprint density at radius 1 is 0.977 bits per heavy atom. The van der Waals surface area contributed by atoms with Crippen molar-refractivity contribution in [3.8, 4) is 5.75 Å². The number of nitrogens with one attached hydrogen (secondary N) is 2. The Bertz CT molecular complexity index is 1490. The van der Waals surface area contributed by atoms with Crippen LogP contribution in [0, 0.1) is 20.8 Å². The summed E-state index contributed by atoms with van der Waals surface area (Å²) in [7, 11) is 0. The molecule has 2 atom stereocenters. The number of ether oxygens (including phenoxy) is 1. The molecule has 3 aromatic carbocycles. The topological polar surface area (TPSA) is 108 Å². The second-order valence-electron chi connectivity index (χ2n) is 12.5. The summed E-state index contributed by atoms with van der Waals surface area (Å²) < 4.78 is 5.53. The minimum atomic E-state index is -1.04. The number of halogens is 1. The van der Waals surface area contributed by atoms with Crippen molar-refractivity contribution in [1.82, 2.24) is 10.2 Å². The Balaban J connectivity index is 1.80. The van der Waals surface area contributed by atoms with Gasteiger partial charge in [0.05, 0.1) is 10.7 Å². The lowest BCUT2D eigenvalue weighted by atomic mass is 9.86. The van der Waals surface area contributed by atoms with E-state index in [4.69, 9.17) is 16.3 Å². The van der Waals surface area contributed by atoms with E-state index >= 15 is 0 Å². The molecule has 1 saturated carbocycles. The van der Waals surface area contributed by atoms with Crippen molar-refractivity contribution >= 4 is 35.2 Å². The third-order valence-corrected chi connectivity index (χ3v) is 8.34. The maximum atomic E-state index is 14.8. The number of alkyl carbamates (subject to hydrolysis) is 1. The summed E-state index contributed by atoms with van der Waals surface area (Å²) in [5, 5.41) is 16.0. The van der Waals surface area contributed by atoms with Gasteiger partial charge in [0.25, 0.3) is 5.91 Å². The maximum Gasteiger partial charge on any atom is 0.408 e. The molecular formula is C35H42ClN3O5. The quantitative estimate of drug-likeness (QED) is 0.235. The third kappa shape index (κ3) is 7.91. The van der Waals surface area contributed by atoms with Crippen molar-refractivity contribution in [2.45, 2.75) is 91.0 Å². The number of aromatic hydroxyl groups is 1. The van der Waals surface area contributed by atoms with Crippen molar-refractivity contribution in [2.75, 3.05) is 5.32 Å². The summed E-state index contributed by atoms with van der Waals surface area (Å²) in [6, 6.07) is 15.3. The molecule has 3 amide bonds. The molecule has 0 radical (unpaired) electrons. The zero-order valence-electron chi connectivity index (χ0n) is 26.2. The van der Waals surface area contributed by atoms with Gasteiger partial charge < -0.3 is 25.4 Å². The summed E-state index contributed by atoms with van der Waals surface area (Å²) in [6.07, 6.45) is 1.77. The van der Waals surface area contributed by atoms with Crippen LogP contribution >= 0.6 is 11.6 Å². The van der Waals surface area contributed by atoms with Crippen LogP contribution in [0.1, 0.15) is 73.9 Å². The lowest BCUT2D eigenvalue weighted by molar-refractivity contribution is -0.145. The Morgan fingerprint density at radius 3 is 2.20 bits per heavy atom. The zero-order chi connectivity index (χ0) is 32.2. The van der Waals surface area contributed by atoms with Crippen LogP contribution in [0.25, 0.3) is 0 Å². The smallest absolute Gasteiger partial charge is 0.408 e. The molecule has 4 rings (SSSR count). The summed E-state index contributed by atoms with van der Waals surface area (Å²) in [5.74, 6) is -0.698. The van der Waals surface area contributed by atoms with Gasteiger partial charge >= 0.3 is 6.09 Å². The molecule has 0 spiro atoms. The van der Waals surface area contributed by atoms with Crippen LogP contribution in [0.2, 0.25) is 5.02 Å². The molecule has 1 fully saturated rings. The van der Waals surface area contributed by atoms with Gasteiger partial charge in [-0.3, -0.25) is 9.59 Å². The molecule has 44 heavy (non-hydrogen) atoms. The Labute approximate surface area is 264 Å². The van der Waals surface area contributed by atoms with Gasteiger partial charge in [-0.1, -0.05) is 54.1 Å². The number of phenols is 1. The zero-order valence-corrected chi connectivity index (χ0v) is 27.0. The largest absolute Gasteiger partial charge is 0.508 e. The highest BCUT2D eigenvalue weighted by atomic mass is 35.5. The fourth-order valence-corrected chi connectivity index (χ4v) is 5.62. The van der Waals surface area contributed by atoms with Gasteiger partial charge in [-0.25, -0.2) is 4.79 Å². The Hall–Kier alpha value is -4.04. The van der Waals surface area contributed by atoms with Crippen LogP contribution in [0.15, 0.2) is 60.7 Å². The number of anilines is 1. The molecule has 3 N–H and O–H groups in total. The lowest BCUT2D eigenvalue weighted by Gasteiger charge is -2.44. The van der Waals surface area contributed by atoms with E-state index < -0.39 is 35.6 Å². The molecule has 0 aliphatic heterocycles. The molecule has 234 valence electrons. The van der Waals surface area contributed by atoms with Gasteiger partial charge in [0.2, 0.25) is 5.91 Å². The molecule has 0 saturated heterocycles.